The van der Waals surface area contributed by atoms with Crippen LogP contribution in [0, 0.1) is 0 Å². The van der Waals surface area contributed by atoms with E-state index in [4.69, 9.17) is 18.0 Å². The number of hydrogen-bond acceptors (Lipinski definition) is 4. The van der Waals surface area contributed by atoms with E-state index >= 15 is 0 Å². The molecule has 1 heterocycles. The van der Waals surface area contributed by atoms with Gasteiger partial charge in [0.15, 0.2) is 5.11 Å². The van der Waals surface area contributed by atoms with Gasteiger partial charge in [-0.1, -0.05) is 31.4 Å². The fourth-order valence-corrected chi connectivity index (χ4v) is 3.79. The fourth-order valence-electron chi connectivity index (χ4n) is 3.73. The quantitative estimate of drug-likeness (QED) is 0.498. The zero-order valence-electron chi connectivity index (χ0n) is 14.2. The number of nitrogens with one attached hydrogen (secondary N) is 1. The maximum absolute atomic E-state index is 5.34. The van der Waals surface area contributed by atoms with Crippen molar-refractivity contribution in [2.75, 3.05) is 31.1 Å². The minimum atomic E-state index is 0.179. The van der Waals surface area contributed by atoms with Gasteiger partial charge in [-0.2, -0.15) is 5.10 Å². The van der Waals surface area contributed by atoms with E-state index < -0.39 is 0 Å². The van der Waals surface area contributed by atoms with Crippen LogP contribution >= 0.6 is 12.2 Å². The number of hydrazone groups is 1. The number of nitrogens with two attached hydrogens (primary N) is 1. The zero-order chi connectivity index (χ0) is 16.8. The van der Waals surface area contributed by atoms with Gasteiger partial charge in [0, 0.05) is 37.9 Å². The Labute approximate surface area is 149 Å². The molecule has 0 atom stereocenters. The first-order valence-electron chi connectivity index (χ1n) is 8.90. The lowest BCUT2D eigenvalue weighted by Crippen LogP contribution is -2.50. The molecule has 1 saturated carbocycles. The number of hydrogen-bond donors (Lipinski definition) is 2. The number of benzene rings is 1. The third kappa shape index (κ3) is 4.68. The van der Waals surface area contributed by atoms with Crippen molar-refractivity contribution in [3.05, 3.63) is 29.8 Å². The van der Waals surface area contributed by atoms with Crippen LogP contribution in [0.3, 0.4) is 0 Å². The molecule has 0 spiro atoms. The highest BCUT2D eigenvalue weighted by atomic mass is 32.1. The Morgan fingerprint density at radius 2 is 1.75 bits per heavy atom. The summed E-state index contributed by atoms with van der Waals surface area (Å²) in [6.07, 6.45) is 8.78. The molecule has 0 aromatic heterocycles. The minimum absolute atomic E-state index is 0.179. The minimum Gasteiger partial charge on any atom is -0.375 e. The number of thiocarbonyl (C=S) groups is 1. The Hall–Kier alpha value is -1.66. The molecule has 6 heteroatoms. The maximum Gasteiger partial charge on any atom is 0.184 e. The molecule has 1 aliphatic carbocycles. The third-order valence-corrected chi connectivity index (χ3v) is 5.14. The molecular formula is C18H27N5S. The lowest BCUT2D eigenvalue weighted by atomic mass is 9.94. The predicted molar refractivity (Wildman–Crippen MR) is 105 cm³/mol. The number of anilines is 1. The lowest BCUT2D eigenvalue weighted by molar-refractivity contribution is 0.148. The van der Waals surface area contributed by atoms with E-state index in [9.17, 15) is 0 Å². The van der Waals surface area contributed by atoms with Crippen molar-refractivity contribution < 1.29 is 0 Å². The Morgan fingerprint density at radius 1 is 1.08 bits per heavy atom. The van der Waals surface area contributed by atoms with Crippen molar-refractivity contribution in [2.24, 2.45) is 10.8 Å². The van der Waals surface area contributed by atoms with Crippen molar-refractivity contribution >= 4 is 29.2 Å². The molecule has 1 saturated heterocycles. The van der Waals surface area contributed by atoms with E-state index in [0.717, 1.165) is 24.7 Å². The van der Waals surface area contributed by atoms with E-state index in [-0.39, 0.29) is 5.11 Å². The highest BCUT2D eigenvalue weighted by molar-refractivity contribution is 7.80. The molecule has 130 valence electrons. The summed E-state index contributed by atoms with van der Waals surface area (Å²) in [6, 6.07) is 9.32. The Bertz CT molecular complexity index is 557. The van der Waals surface area contributed by atoms with Crippen LogP contribution in [-0.2, 0) is 0 Å². The first-order chi connectivity index (χ1) is 11.7. The van der Waals surface area contributed by atoms with Crippen molar-refractivity contribution in [1.29, 1.82) is 0 Å². The second kappa shape index (κ2) is 8.44. The van der Waals surface area contributed by atoms with Crippen molar-refractivity contribution in [1.82, 2.24) is 10.3 Å². The summed E-state index contributed by atoms with van der Waals surface area (Å²) in [5.41, 5.74) is 10.2. The van der Waals surface area contributed by atoms with Crippen molar-refractivity contribution in [2.45, 2.75) is 38.1 Å². The van der Waals surface area contributed by atoms with Crippen LogP contribution in [0.5, 0.6) is 0 Å². The second-order valence-electron chi connectivity index (χ2n) is 6.64. The average Bonchev–Trinajstić information content (AvgIpc) is 2.63. The van der Waals surface area contributed by atoms with Crippen LogP contribution in [0.2, 0.25) is 0 Å². The van der Waals surface area contributed by atoms with Crippen LogP contribution in [0.1, 0.15) is 37.7 Å². The Kier molecular flexibility index (Phi) is 6.04. The largest absolute Gasteiger partial charge is 0.375 e. The summed E-state index contributed by atoms with van der Waals surface area (Å²) >= 11 is 4.72. The van der Waals surface area contributed by atoms with Gasteiger partial charge in [-0.05, 0) is 42.8 Å². The van der Waals surface area contributed by atoms with Crippen LogP contribution in [0.4, 0.5) is 5.69 Å². The molecule has 0 amide bonds. The summed E-state index contributed by atoms with van der Waals surface area (Å²) < 4.78 is 0. The summed E-state index contributed by atoms with van der Waals surface area (Å²) in [7, 11) is 0. The van der Waals surface area contributed by atoms with Crippen molar-refractivity contribution in [3.63, 3.8) is 0 Å². The zero-order valence-corrected chi connectivity index (χ0v) is 15.0. The number of piperazine rings is 1. The van der Waals surface area contributed by atoms with E-state index in [1.165, 1.54) is 50.9 Å². The normalized spacial score (nSPS) is 20.4. The van der Waals surface area contributed by atoms with Gasteiger partial charge in [0.25, 0.3) is 0 Å². The van der Waals surface area contributed by atoms with E-state index in [0.29, 0.717) is 0 Å². The summed E-state index contributed by atoms with van der Waals surface area (Å²) in [6.45, 7) is 4.61. The number of nitrogens with zero attached hydrogens (tertiary/aromatic N) is 3. The van der Waals surface area contributed by atoms with Crippen LogP contribution < -0.4 is 16.1 Å². The molecule has 5 nitrogen and oxygen atoms in total. The maximum atomic E-state index is 5.34. The molecule has 1 aromatic carbocycles. The van der Waals surface area contributed by atoms with Gasteiger partial charge in [-0.25, -0.2) is 0 Å². The molecule has 3 rings (SSSR count). The van der Waals surface area contributed by atoms with Crippen LogP contribution in [0.25, 0.3) is 0 Å². The molecule has 3 N–H and O–H groups in total. The van der Waals surface area contributed by atoms with Gasteiger partial charge < -0.3 is 10.6 Å². The Balaban J connectivity index is 1.50. The molecule has 24 heavy (non-hydrogen) atoms. The highest BCUT2D eigenvalue weighted by Crippen LogP contribution is 2.25. The molecule has 0 unspecified atom stereocenters. The average molecular weight is 346 g/mol. The van der Waals surface area contributed by atoms with E-state index in [1.807, 2.05) is 0 Å². The van der Waals surface area contributed by atoms with Gasteiger partial charge in [0.1, 0.15) is 0 Å². The second-order valence-corrected chi connectivity index (χ2v) is 7.08. The van der Waals surface area contributed by atoms with E-state index in [1.54, 1.807) is 6.21 Å². The molecule has 0 radical (unpaired) electrons. The molecule has 1 aliphatic heterocycles. The summed E-state index contributed by atoms with van der Waals surface area (Å²) in [4.78, 5) is 5.19. The fraction of sp³-hybridized carbons (Fsp3) is 0.556. The lowest BCUT2D eigenvalue weighted by Gasteiger charge is -2.41. The summed E-state index contributed by atoms with van der Waals surface area (Å²) in [5.74, 6) is 0. The monoisotopic (exact) mass is 345 g/mol. The van der Waals surface area contributed by atoms with Gasteiger partial charge in [-0.3, -0.25) is 10.3 Å². The SMILES string of the molecule is NC(=S)N/N=C/c1ccc(N2CCN(C3CCCCC3)CC2)cc1. The van der Waals surface area contributed by atoms with Crippen LogP contribution in [0.15, 0.2) is 29.4 Å². The van der Waals surface area contributed by atoms with Gasteiger partial charge in [-0.15, -0.1) is 0 Å². The summed E-state index contributed by atoms with van der Waals surface area (Å²) in [5, 5.41) is 4.16. The third-order valence-electron chi connectivity index (χ3n) is 5.05. The van der Waals surface area contributed by atoms with Gasteiger partial charge >= 0.3 is 0 Å². The van der Waals surface area contributed by atoms with Crippen molar-refractivity contribution in [3.8, 4) is 0 Å². The molecule has 0 bridgehead atoms. The molecule has 2 aliphatic rings. The Morgan fingerprint density at radius 3 is 2.38 bits per heavy atom. The predicted octanol–water partition coefficient (Wildman–Crippen LogP) is 2.31. The van der Waals surface area contributed by atoms with E-state index in [2.05, 4.69) is 44.6 Å². The smallest absolute Gasteiger partial charge is 0.184 e. The van der Waals surface area contributed by atoms with Crippen LogP contribution in [-0.4, -0.2) is 48.4 Å². The molecule has 1 aromatic rings. The topological polar surface area (TPSA) is 56.9 Å². The molecular weight excluding hydrogens is 318 g/mol. The first-order valence-corrected chi connectivity index (χ1v) is 9.31. The standard InChI is InChI=1S/C18H27N5S/c19-18(24)21-20-14-15-6-8-17(9-7-15)23-12-10-22(11-13-23)16-4-2-1-3-5-16/h6-9,14,16H,1-5,10-13H2,(H3,19,21,24)/b20-14+. The van der Waals surface area contributed by atoms with Gasteiger partial charge in [0.05, 0.1) is 6.21 Å². The van der Waals surface area contributed by atoms with Gasteiger partial charge in [0.2, 0.25) is 0 Å². The highest BCUT2D eigenvalue weighted by Gasteiger charge is 2.25. The molecule has 2 fully saturated rings. The number of rotatable bonds is 4. The first kappa shape index (κ1) is 17.2.